The highest BCUT2D eigenvalue weighted by molar-refractivity contribution is 5.46. The van der Waals surface area contributed by atoms with Gasteiger partial charge in [-0.25, -0.2) is 0 Å². The lowest BCUT2D eigenvalue weighted by molar-refractivity contribution is 0.350. The second-order valence-electron chi connectivity index (χ2n) is 5.03. The lowest BCUT2D eigenvalue weighted by Crippen LogP contribution is -2.14. The van der Waals surface area contributed by atoms with Crippen LogP contribution in [0.1, 0.15) is 31.9 Å². The zero-order chi connectivity index (χ0) is 10.9. The number of hydrogen-bond acceptors (Lipinski definition) is 1. The van der Waals surface area contributed by atoms with Crippen molar-refractivity contribution in [2.45, 2.75) is 32.6 Å². The number of hydrogen-bond donors (Lipinski definition) is 0. The molecule has 1 aliphatic heterocycles. The van der Waals surface area contributed by atoms with Crippen LogP contribution in [0.3, 0.4) is 0 Å². The van der Waals surface area contributed by atoms with E-state index >= 15 is 0 Å². The van der Waals surface area contributed by atoms with Crippen LogP contribution in [-0.2, 0) is 11.8 Å². The molecule has 80 valence electrons. The van der Waals surface area contributed by atoms with Crippen molar-refractivity contribution >= 4 is 0 Å². The third-order valence-electron chi connectivity index (χ3n) is 2.73. The molecule has 0 bridgehead atoms. The van der Waals surface area contributed by atoms with Crippen LogP contribution in [0, 0.1) is 0 Å². The predicted octanol–water partition coefficient (Wildman–Crippen LogP) is 3.48. The van der Waals surface area contributed by atoms with E-state index in [4.69, 9.17) is 4.74 Å². The highest BCUT2D eigenvalue weighted by atomic mass is 16.5. The monoisotopic (exact) mass is 202 g/mol. The maximum absolute atomic E-state index is 5.82. The molecule has 1 aromatic carbocycles. The van der Waals surface area contributed by atoms with Crippen molar-refractivity contribution in [2.75, 3.05) is 6.61 Å². The summed E-state index contributed by atoms with van der Waals surface area (Å²) in [5.74, 6) is 1.09. The van der Waals surface area contributed by atoms with E-state index in [1.807, 2.05) is 0 Å². The van der Waals surface area contributed by atoms with Crippen LogP contribution in [0.25, 0.3) is 0 Å². The molecule has 0 aromatic heterocycles. The lowest BCUT2D eigenvalue weighted by atomic mass is 9.85. The SMILES string of the molecule is CC(C)(C)c1cccc2c1OCC=CC2. The summed E-state index contributed by atoms with van der Waals surface area (Å²) in [4.78, 5) is 0. The first-order chi connectivity index (χ1) is 7.09. The average molecular weight is 202 g/mol. The van der Waals surface area contributed by atoms with Crippen molar-refractivity contribution < 1.29 is 4.74 Å². The highest BCUT2D eigenvalue weighted by Crippen LogP contribution is 2.35. The van der Waals surface area contributed by atoms with E-state index in [1.54, 1.807) is 0 Å². The Hall–Kier alpha value is -1.24. The Morgan fingerprint density at radius 2 is 1.93 bits per heavy atom. The number of benzene rings is 1. The third-order valence-corrected chi connectivity index (χ3v) is 2.73. The molecule has 0 atom stereocenters. The second kappa shape index (κ2) is 3.73. The molecule has 0 aliphatic carbocycles. The first-order valence-corrected chi connectivity index (χ1v) is 5.49. The lowest BCUT2D eigenvalue weighted by Gasteiger charge is -2.23. The molecular formula is C14H18O. The van der Waals surface area contributed by atoms with Crippen molar-refractivity contribution in [3.05, 3.63) is 41.5 Å². The fourth-order valence-electron chi connectivity index (χ4n) is 1.92. The molecule has 1 aliphatic rings. The molecule has 0 unspecified atom stereocenters. The second-order valence-corrected chi connectivity index (χ2v) is 5.03. The first kappa shape index (κ1) is 10.3. The Kier molecular flexibility index (Phi) is 2.56. The summed E-state index contributed by atoms with van der Waals surface area (Å²) in [7, 11) is 0. The summed E-state index contributed by atoms with van der Waals surface area (Å²) in [5.41, 5.74) is 2.76. The van der Waals surface area contributed by atoms with Crippen molar-refractivity contribution in [3.63, 3.8) is 0 Å². The Balaban J connectivity index is 2.51. The quantitative estimate of drug-likeness (QED) is 0.585. The molecule has 0 amide bonds. The van der Waals surface area contributed by atoms with Gasteiger partial charge in [0.25, 0.3) is 0 Å². The molecule has 1 nitrogen and oxygen atoms in total. The van der Waals surface area contributed by atoms with Crippen molar-refractivity contribution in [1.82, 2.24) is 0 Å². The Bertz CT molecular complexity index is 383. The minimum Gasteiger partial charge on any atom is -0.489 e. The summed E-state index contributed by atoms with van der Waals surface area (Å²) in [5, 5.41) is 0. The molecule has 0 saturated carbocycles. The number of ether oxygens (including phenoxy) is 1. The molecular weight excluding hydrogens is 184 g/mol. The summed E-state index contributed by atoms with van der Waals surface area (Å²) >= 11 is 0. The Morgan fingerprint density at radius 3 is 2.67 bits per heavy atom. The standard InChI is InChI=1S/C14H18O/c1-14(2,3)12-9-6-8-11-7-4-5-10-15-13(11)12/h4-6,8-9H,7,10H2,1-3H3. The van der Waals surface area contributed by atoms with Gasteiger partial charge in [-0.2, -0.15) is 0 Å². The van der Waals surface area contributed by atoms with E-state index in [2.05, 4.69) is 51.1 Å². The van der Waals surface area contributed by atoms with Gasteiger partial charge < -0.3 is 4.74 Å². The average Bonchev–Trinajstić information content (AvgIpc) is 2.39. The van der Waals surface area contributed by atoms with E-state index in [0.29, 0.717) is 6.61 Å². The predicted molar refractivity (Wildman–Crippen MR) is 63.5 cm³/mol. The normalized spacial score (nSPS) is 15.4. The molecule has 1 aromatic rings. The molecule has 1 heterocycles. The van der Waals surface area contributed by atoms with E-state index in [1.165, 1.54) is 11.1 Å². The van der Waals surface area contributed by atoms with Gasteiger partial charge in [0.05, 0.1) is 0 Å². The summed E-state index contributed by atoms with van der Waals surface area (Å²) in [6.07, 6.45) is 5.25. The molecule has 0 radical (unpaired) electrons. The van der Waals surface area contributed by atoms with Gasteiger partial charge in [0.1, 0.15) is 12.4 Å². The molecule has 15 heavy (non-hydrogen) atoms. The fraction of sp³-hybridized carbons (Fsp3) is 0.429. The number of allylic oxidation sites excluding steroid dienone is 1. The fourth-order valence-corrected chi connectivity index (χ4v) is 1.92. The molecule has 1 heteroatoms. The van der Waals surface area contributed by atoms with Crippen molar-refractivity contribution in [1.29, 1.82) is 0 Å². The summed E-state index contributed by atoms with van der Waals surface area (Å²) in [6.45, 7) is 7.37. The minimum atomic E-state index is 0.148. The Morgan fingerprint density at radius 1 is 1.13 bits per heavy atom. The Labute approximate surface area is 91.8 Å². The smallest absolute Gasteiger partial charge is 0.127 e. The molecule has 0 saturated heterocycles. The summed E-state index contributed by atoms with van der Waals surface area (Å²) < 4.78 is 5.82. The van der Waals surface area contributed by atoms with Crippen molar-refractivity contribution in [3.8, 4) is 5.75 Å². The maximum Gasteiger partial charge on any atom is 0.127 e. The van der Waals surface area contributed by atoms with Crippen LogP contribution in [0.15, 0.2) is 30.4 Å². The minimum absolute atomic E-state index is 0.148. The highest BCUT2D eigenvalue weighted by Gasteiger charge is 2.21. The van der Waals surface area contributed by atoms with Gasteiger partial charge in [0.15, 0.2) is 0 Å². The third kappa shape index (κ3) is 2.06. The van der Waals surface area contributed by atoms with Crippen LogP contribution in [0.4, 0.5) is 0 Å². The number of fused-ring (bicyclic) bond motifs is 1. The molecule has 0 spiro atoms. The van der Waals surface area contributed by atoms with Gasteiger partial charge in [-0.15, -0.1) is 0 Å². The topological polar surface area (TPSA) is 9.23 Å². The molecule has 0 N–H and O–H groups in total. The van der Waals surface area contributed by atoms with Crippen LogP contribution >= 0.6 is 0 Å². The van der Waals surface area contributed by atoms with Gasteiger partial charge in [0.2, 0.25) is 0 Å². The molecule has 2 rings (SSSR count). The van der Waals surface area contributed by atoms with Gasteiger partial charge in [0, 0.05) is 0 Å². The van der Waals surface area contributed by atoms with E-state index in [-0.39, 0.29) is 5.41 Å². The zero-order valence-electron chi connectivity index (χ0n) is 9.71. The first-order valence-electron chi connectivity index (χ1n) is 5.49. The van der Waals surface area contributed by atoms with E-state index < -0.39 is 0 Å². The molecule has 0 fully saturated rings. The van der Waals surface area contributed by atoms with E-state index in [9.17, 15) is 0 Å². The van der Waals surface area contributed by atoms with Crippen LogP contribution in [0.2, 0.25) is 0 Å². The maximum atomic E-state index is 5.82. The van der Waals surface area contributed by atoms with E-state index in [0.717, 1.165) is 12.2 Å². The zero-order valence-corrected chi connectivity index (χ0v) is 9.71. The largest absolute Gasteiger partial charge is 0.489 e. The summed E-state index contributed by atoms with van der Waals surface area (Å²) in [6, 6.07) is 6.45. The van der Waals surface area contributed by atoms with Gasteiger partial charge in [-0.05, 0) is 23.0 Å². The van der Waals surface area contributed by atoms with Crippen LogP contribution < -0.4 is 4.74 Å². The van der Waals surface area contributed by atoms with Gasteiger partial charge in [-0.1, -0.05) is 51.1 Å². The van der Waals surface area contributed by atoms with Crippen molar-refractivity contribution in [2.24, 2.45) is 0 Å². The van der Waals surface area contributed by atoms with Crippen LogP contribution in [0.5, 0.6) is 5.75 Å². The van der Waals surface area contributed by atoms with Crippen LogP contribution in [-0.4, -0.2) is 6.61 Å². The number of para-hydroxylation sites is 1. The van der Waals surface area contributed by atoms with Gasteiger partial charge >= 0.3 is 0 Å². The number of rotatable bonds is 0. The van der Waals surface area contributed by atoms with Gasteiger partial charge in [-0.3, -0.25) is 0 Å².